The standard InChI is InChI=1S/C18H23N3O3/c1-18(2,3)20-14(23)9-21-8-11(10-22)16-15(17(21)24)12-6-4-5-7-13(12)19-16/h4-7,11,19,22H,8-10H2,1-3H3,(H,20,23). The van der Waals surface area contributed by atoms with Crippen LogP contribution in [0.1, 0.15) is 42.7 Å². The molecule has 6 nitrogen and oxygen atoms in total. The summed E-state index contributed by atoms with van der Waals surface area (Å²) in [6.07, 6.45) is 0. The van der Waals surface area contributed by atoms with Crippen molar-refractivity contribution in [1.29, 1.82) is 0 Å². The maximum Gasteiger partial charge on any atom is 0.256 e. The molecular weight excluding hydrogens is 306 g/mol. The topological polar surface area (TPSA) is 85.4 Å². The van der Waals surface area contributed by atoms with Crippen LogP contribution in [0.5, 0.6) is 0 Å². The van der Waals surface area contributed by atoms with Gasteiger partial charge in [0.1, 0.15) is 0 Å². The second-order valence-corrected chi connectivity index (χ2v) is 7.32. The molecule has 24 heavy (non-hydrogen) atoms. The number of hydrogen-bond acceptors (Lipinski definition) is 3. The first-order valence-electron chi connectivity index (χ1n) is 8.12. The van der Waals surface area contributed by atoms with Gasteiger partial charge in [-0.15, -0.1) is 0 Å². The Kier molecular flexibility index (Phi) is 4.09. The zero-order valence-electron chi connectivity index (χ0n) is 14.2. The van der Waals surface area contributed by atoms with Gasteiger partial charge in [-0.3, -0.25) is 9.59 Å². The number of fused-ring (bicyclic) bond motifs is 3. The van der Waals surface area contributed by atoms with Crippen LogP contribution in [0.3, 0.4) is 0 Å². The molecule has 0 bridgehead atoms. The van der Waals surface area contributed by atoms with Gasteiger partial charge in [0.15, 0.2) is 0 Å². The summed E-state index contributed by atoms with van der Waals surface area (Å²) in [4.78, 5) is 29.9. The maximum absolute atomic E-state index is 12.9. The Bertz CT molecular complexity index is 788. The first-order valence-corrected chi connectivity index (χ1v) is 8.12. The first-order chi connectivity index (χ1) is 11.3. The summed E-state index contributed by atoms with van der Waals surface area (Å²) in [5.74, 6) is -0.584. The van der Waals surface area contributed by atoms with Gasteiger partial charge in [0.05, 0.1) is 18.7 Å². The van der Waals surface area contributed by atoms with E-state index in [0.29, 0.717) is 12.1 Å². The molecule has 3 rings (SSSR count). The van der Waals surface area contributed by atoms with Crippen molar-refractivity contribution in [3.8, 4) is 0 Å². The molecule has 1 aromatic heterocycles. The van der Waals surface area contributed by atoms with E-state index in [4.69, 9.17) is 0 Å². The quantitative estimate of drug-likeness (QED) is 0.800. The molecule has 0 radical (unpaired) electrons. The van der Waals surface area contributed by atoms with Gasteiger partial charge in [-0.05, 0) is 26.8 Å². The number of nitrogens with zero attached hydrogens (tertiary/aromatic N) is 1. The molecule has 6 heteroatoms. The van der Waals surface area contributed by atoms with E-state index >= 15 is 0 Å². The normalized spacial score (nSPS) is 17.9. The second-order valence-electron chi connectivity index (χ2n) is 7.32. The predicted octanol–water partition coefficient (Wildman–Crippen LogP) is 1.61. The van der Waals surface area contributed by atoms with Crippen molar-refractivity contribution in [3.63, 3.8) is 0 Å². The number of carbonyl (C=O) groups excluding carboxylic acids is 2. The summed E-state index contributed by atoms with van der Waals surface area (Å²) in [6, 6.07) is 7.57. The third-order valence-corrected chi connectivity index (χ3v) is 4.15. The van der Waals surface area contributed by atoms with Gasteiger partial charge in [0.25, 0.3) is 5.91 Å². The average molecular weight is 329 g/mol. The smallest absolute Gasteiger partial charge is 0.256 e. The minimum absolute atomic E-state index is 0.00838. The van der Waals surface area contributed by atoms with Crippen molar-refractivity contribution in [3.05, 3.63) is 35.5 Å². The molecule has 128 valence electrons. The molecule has 3 N–H and O–H groups in total. The Morgan fingerprint density at radius 3 is 2.75 bits per heavy atom. The number of nitrogens with one attached hydrogen (secondary N) is 2. The molecule has 2 amide bonds. The van der Waals surface area contributed by atoms with Gasteiger partial charge in [-0.1, -0.05) is 18.2 Å². The summed E-state index contributed by atoms with van der Waals surface area (Å²) in [5, 5.41) is 13.4. The molecular formula is C18H23N3O3. The zero-order valence-corrected chi connectivity index (χ0v) is 14.2. The molecule has 2 heterocycles. The number of hydrogen-bond donors (Lipinski definition) is 3. The number of rotatable bonds is 3. The SMILES string of the molecule is CC(C)(C)NC(=O)CN1CC(CO)c2[nH]c3ccccc3c2C1=O. The lowest BCUT2D eigenvalue weighted by atomic mass is 9.95. The Hall–Kier alpha value is -2.34. The number of carbonyl (C=O) groups is 2. The molecule has 0 aliphatic carbocycles. The van der Waals surface area contributed by atoms with E-state index in [9.17, 15) is 14.7 Å². The molecule has 1 aromatic carbocycles. The average Bonchev–Trinajstić information content (AvgIpc) is 2.88. The van der Waals surface area contributed by atoms with Gasteiger partial charge in [-0.25, -0.2) is 0 Å². The number of benzene rings is 1. The molecule has 0 spiro atoms. The number of amides is 2. The van der Waals surface area contributed by atoms with Crippen LogP contribution in [0.25, 0.3) is 10.9 Å². The van der Waals surface area contributed by atoms with Crippen molar-refractivity contribution < 1.29 is 14.7 Å². The molecule has 2 aromatic rings. The van der Waals surface area contributed by atoms with Crippen LogP contribution in [-0.2, 0) is 4.79 Å². The van der Waals surface area contributed by atoms with Crippen LogP contribution in [0.15, 0.2) is 24.3 Å². The monoisotopic (exact) mass is 329 g/mol. The van der Waals surface area contributed by atoms with Crippen LogP contribution in [0.2, 0.25) is 0 Å². The fraction of sp³-hybridized carbons (Fsp3) is 0.444. The number of aromatic amines is 1. The van der Waals surface area contributed by atoms with Gasteiger partial charge in [0, 0.05) is 34.6 Å². The highest BCUT2D eigenvalue weighted by molar-refractivity contribution is 6.09. The highest BCUT2D eigenvalue weighted by atomic mass is 16.3. The van der Waals surface area contributed by atoms with Crippen molar-refractivity contribution >= 4 is 22.7 Å². The van der Waals surface area contributed by atoms with E-state index in [0.717, 1.165) is 16.6 Å². The van der Waals surface area contributed by atoms with Crippen LogP contribution in [0.4, 0.5) is 0 Å². The molecule has 0 saturated heterocycles. The molecule has 1 unspecified atom stereocenters. The van der Waals surface area contributed by atoms with Gasteiger partial charge in [0.2, 0.25) is 5.91 Å². The lowest BCUT2D eigenvalue weighted by Crippen LogP contribution is -2.49. The highest BCUT2D eigenvalue weighted by Gasteiger charge is 2.35. The predicted molar refractivity (Wildman–Crippen MR) is 91.9 cm³/mol. The van der Waals surface area contributed by atoms with Crippen molar-refractivity contribution in [2.45, 2.75) is 32.2 Å². The molecule has 0 saturated carbocycles. The van der Waals surface area contributed by atoms with E-state index in [-0.39, 0.29) is 36.4 Å². The lowest BCUT2D eigenvalue weighted by molar-refractivity contribution is -0.123. The molecule has 1 aliphatic heterocycles. The van der Waals surface area contributed by atoms with E-state index in [1.165, 1.54) is 4.90 Å². The highest BCUT2D eigenvalue weighted by Crippen LogP contribution is 2.33. The van der Waals surface area contributed by atoms with Crippen LogP contribution in [0, 0.1) is 0 Å². The summed E-state index contributed by atoms with van der Waals surface area (Å²) >= 11 is 0. The van der Waals surface area contributed by atoms with Crippen LogP contribution < -0.4 is 5.32 Å². The summed E-state index contributed by atoms with van der Waals surface area (Å²) in [6.45, 7) is 5.94. The first kappa shape index (κ1) is 16.5. The number of aliphatic hydroxyl groups is 1. The number of aliphatic hydroxyl groups excluding tert-OH is 1. The Morgan fingerprint density at radius 2 is 2.08 bits per heavy atom. The minimum atomic E-state index is -0.349. The largest absolute Gasteiger partial charge is 0.396 e. The summed E-state index contributed by atoms with van der Waals surface area (Å²) in [5.41, 5.74) is 1.85. The van der Waals surface area contributed by atoms with Crippen LogP contribution in [-0.4, -0.2) is 52.0 Å². The molecule has 1 atom stereocenters. The van der Waals surface area contributed by atoms with Gasteiger partial charge in [-0.2, -0.15) is 0 Å². The number of H-pyrrole nitrogens is 1. The second kappa shape index (κ2) is 5.94. The number of para-hydroxylation sites is 1. The zero-order chi connectivity index (χ0) is 17.5. The van der Waals surface area contributed by atoms with Crippen LogP contribution >= 0.6 is 0 Å². The number of aromatic nitrogens is 1. The van der Waals surface area contributed by atoms with Gasteiger partial charge >= 0.3 is 0 Å². The third kappa shape index (κ3) is 3.01. The third-order valence-electron chi connectivity index (χ3n) is 4.15. The van der Waals surface area contributed by atoms with E-state index in [1.54, 1.807) is 0 Å². The maximum atomic E-state index is 12.9. The van der Waals surface area contributed by atoms with Crippen molar-refractivity contribution in [1.82, 2.24) is 15.2 Å². The Morgan fingerprint density at radius 1 is 1.38 bits per heavy atom. The van der Waals surface area contributed by atoms with E-state index in [2.05, 4.69) is 10.3 Å². The fourth-order valence-corrected chi connectivity index (χ4v) is 3.21. The minimum Gasteiger partial charge on any atom is -0.396 e. The Balaban J connectivity index is 1.93. The van der Waals surface area contributed by atoms with Crippen molar-refractivity contribution in [2.75, 3.05) is 19.7 Å². The van der Waals surface area contributed by atoms with E-state index < -0.39 is 0 Å². The summed E-state index contributed by atoms with van der Waals surface area (Å²) < 4.78 is 0. The van der Waals surface area contributed by atoms with Crippen molar-refractivity contribution in [2.24, 2.45) is 0 Å². The summed E-state index contributed by atoms with van der Waals surface area (Å²) in [7, 11) is 0. The lowest BCUT2D eigenvalue weighted by Gasteiger charge is -2.32. The molecule has 1 aliphatic rings. The van der Waals surface area contributed by atoms with Gasteiger partial charge < -0.3 is 20.3 Å². The Labute approximate surface area is 140 Å². The van der Waals surface area contributed by atoms with E-state index in [1.807, 2.05) is 45.0 Å². The molecule has 0 fully saturated rings. The fourth-order valence-electron chi connectivity index (χ4n) is 3.21.